The summed E-state index contributed by atoms with van der Waals surface area (Å²) in [6, 6.07) is 10.1. The van der Waals surface area contributed by atoms with Crippen LogP contribution in [0.5, 0.6) is 0 Å². The summed E-state index contributed by atoms with van der Waals surface area (Å²) >= 11 is 0. The zero-order chi connectivity index (χ0) is 13.2. The molecule has 18 heavy (non-hydrogen) atoms. The van der Waals surface area contributed by atoms with Crippen LogP contribution in [-0.2, 0) is 0 Å². The second-order valence-electron chi connectivity index (χ2n) is 5.80. The summed E-state index contributed by atoms with van der Waals surface area (Å²) in [4.78, 5) is 2.29. The Balaban J connectivity index is 2.20. The lowest BCUT2D eigenvalue weighted by Gasteiger charge is -2.33. The highest BCUT2D eigenvalue weighted by molar-refractivity contribution is 5.60. The fourth-order valence-corrected chi connectivity index (χ4v) is 2.41. The molecule has 0 saturated carbocycles. The van der Waals surface area contributed by atoms with E-state index in [4.69, 9.17) is 5.26 Å². The average Bonchev–Trinajstić information content (AvgIpc) is 2.38. The molecule has 0 atom stereocenters. The minimum atomic E-state index is 0.265. The third-order valence-corrected chi connectivity index (χ3v) is 3.54. The molecule has 1 aromatic carbocycles. The zero-order valence-electron chi connectivity index (χ0n) is 11.4. The van der Waals surface area contributed by atoms with Crippen LogP contribution in [0.15, 0.2) is 35.9 Å². The van der Waals surface area contributed by atoms with Gasteiger partial charge in [0.05, 0.1) is 11.3 Å². The summed E-state index contributed by atoms with van der Waals surface area (Å²) in [7, 11) is 0. The fraction of sp³-hybridized carbons (Fsp3) is 0.438. The molecule has 0 fully saturated rings. The number of nitrogens with zero attached hydrogens (tertiary/aromatic N) is 2. The molecular weight excluding hydrogens is 220 g/mol. The standard InChI is InChI=1S/C16H20N2/c1-16(2,3)14-8-10-18(11-9-14)15-7-5-4-6-13(15)12-17/h4-8H,9-11H2,1-3H3. The van der Waals surface area contributed by atoms with E-state index in [1.165, 1.54) is 5.57 Å². The van der Waals surface area contributed by atoms with Crippen LogP contribution < -0.4 is 4.90 Å². The molecular formula is C16H20N2. The second-order valence-corrected chi connectivity index (χ2v) is 5.80. The number of nitriles is 1. The van der Waals surface area contributed by atoms with Gasteiger partial charge in [-0.2, -0.15) is 5.26 Å². The molecule has 1 aliphatic heterocycles. The number of hydrogen-bond acceptors (Lipinski definition) is 2. The molecule has 0 spiro atoms. The molecule has 1 heterocycles. The Morgan fingerprint density at radius 2 is 1.94 bits per heavy atom. The molecule has 1 aromatic rings. The summed E-state index contributed by atoms with van der Waals surface area (Å²) in [6.07, 6.45) is 3.40. The Bertz CT molecular complexity index is 501. The number of anilines is 1. The molecule has 0 unspecified atom stereocenters. The van der Waals surface area contributed by atoms with Gasteiger partial charge in [0.25, 0.3) is 0 Å². The monoisotopic (exact) mass is 240 g/mol. The molecule has 0 radical (unpaired) electrons. The summed E-state index contributed by atoms with van der Waals surface area (Å²) in [5.41, 5.74) is 3.61. The summed E-state index contributed by atoms with van der Waals surface area (Å²) in [6.45, 7) is 8.69. The topological polar surface area (TPSA) is 27.0 Å². The highest BCUT2D eigenvalue weighted by Gasteiger charge is 2.22. The molecule has 2 rings (SSSR count). The van der Waals surface area contributed by atoms with Crippen molar-refractivity contribution in [3.8, 4) is 6.07 Å². The van der Waals surface area contributed by atoms with Gasteiger partial charge in [-0.25, -0.2) is 0 Å². The Kier molecular flexibility index (Phi) is 3.43. The predicted molar refractivity (Wildman–Crippen MR) is 75.5 cm³/mol. The Hall–Kier alpha value is -1.75. The Labute approximate surface area is 110 Å². The van der Waals surface area contributed by atoms with Gasteiger partial charge in [0.1, 0.15) is 6.07 Å². The number of rotatable bonds is 1. The van der Waals surface area contributed by atoms with Crippen LogP contribution in [0.1, 0.15) is 32.8 Å². The second kappa shape index (κ2) is 4.86. The Morgan fingerprint density at radius 3 is 2.50 bits per heavy atom. The average molecular weight is 240 g/mol. The van der Waals surface area contributed by atoms with E-state index < -0.39 is 0 Å². The lowest BCUT2D eigenvalue weighted by molar-refractivity contribution is 0.472. The molecule has 1 aliphatic rings. The first-order valence-electron chi connectivity index (χ1n) is 6.46. The maximum absolute atomic E-state index is 9.14. The van der Waals surface area contributed by atoms with Crippen molar-refractivity contribution in [2.75, 3.05) is 18.0 Å². The van der Waals surface area contributed by atoms with Gasteiger partial charge >= 0.3 is 0 Å². The van der Waals surface area contributed by atoms with Crippen LogP contribution in [-0.4, -0.2) is 13.1 Å². The van der Waals surface area contributed by atoms with Gasteiger partial charge in [-0.05, 0) is 24.0 Å². The lowest BCUT2D eigenvalue weighted by atomic mass is 9.83. The van der Waals surface area contributed by atoms with E-state index in [0.717, 1.165) is 30.8 Å². The quantitative estimate of drug-likeness (QED) is 0.699. The third-order valence-electron chi connectivity index (χ3n) is 3.54. The van der Waals surface area contributed by atoms with E-state index in [0.29, 0.717) is 0 Å². The number of benzene rings is 1. The maximum atomic E-state index is 9.14. The van der Waals surface area contributed by atoms with Crippen molar-refractivity contribution in [1.29, 1.82) is 5.26 Å². The Morgan fingerprint density at radius 1 is 1.22 bits per heavy atom. The normalized spacial score (nSPS) is 16.1. The molecule has 0 bridgehead atoms. The first-order valence-corrected chi connectivity index (χ1v) is 6.46. The van der Waals surface area contributed by atoms with E-state index in [-0.39, 0.29) is 5.41 Å². The summed E-state index contributed by atoms with van der Waals surface area (Å²) < 4.78 is 0. The minimum absolute atomic E-state index is 0.265. The maximum Gasteiger partial charge on any atom is 0.101 e. The molecule has 94 valence electrons. The fourth-order valence-electron chi connectivity index (χ4n) is 2.41. The molecule has 0 amide bonds. The molecule has 0 aromatic heterocycles. The number of hydrogen-bond donors (Lipinski definition) is 0. The van der Waals surface area contributed by atoms with E-state index in [1.807, 2.05) is 24.3 Å². The van der Waals surface area contributed by atoms with Crippen LogP contribution in [0.3, 0.4) is 0 Å². The van der Waals surface area contributed by atoms with Gasteiger partial charge in [0.15, 0.2) is 0 Å². The smallest absolute Gasteiger partial charge is 0.101 e. The predicted octanol–water partition coefficient (Wildman–Crippen LogP) is 3.74. The SMILES string of the molecule is CC(C)(C)C1=CCN(c2ccccc2C#N)CC1. The van der Waals surface area contributed by atoms with Gasteiger partial charge < -0.3 is 4.90 Å². The minimum Gasteiger partial charge on any atom is -0.366 e. The largest absolute Gasteiger partial charge is 0.366 e. The van der Waals surface area contributed by atoms with E-state index in [2.05, 4.69) is 37.8 Å². The first-order chi connectivity index (χ1) is 8.52. The van der Waals surface area contributed by atoms with Crippen molar-refractivity contribution in [2.45, 2.75) is 27.2 Å². The van der Waals surface area contributed by atoms with Gasteiger partial charge in [-0.1, -0.05) is 44.6 Å². The van der Waals surface area contributed by atoms with Crippen molar-refractivity contribution in [3.63, 3.8) is 0 Å². The highest BCUT2D eigenvalue weighted by atomic mass is 15.1. The zero-order valence-corrected chi connectivity index (χ0v) is 11.4. The third kappa shape index (κ3) is 2.56. The van der Waals surface area contributed by atoms with Crippen molar-refractivity contribution in [1.82, 2.24) is 0 Å². The van der Waals surface area contributed by atoms with Gasteiger partial charge in [0.2, 0.25) is 0 Å². The molecule has 2 nitrogen and oxygen atoms in total. The van der Waals surface area contributed by atoms with Gasteiger partial charge in [0, 0.05) is 13.1 Å². The molecule has 2 heteroatoms. The molecule has 0 N–H and O–H groups in total. The number of para-hydroxylation sites is 1. The van der Waals surface area contributed by atoms with Crippen molar-refractivity contribution in [3.05, 3.63) is 41.5 Å². The van der Waals surface area contributed by atoms with Crippen molar-refractivity contribution in [2.24, 2.45) is 5.41 Å². The van der Waals surface area contributed by atoms with E-state index in [9.17, 15) is 0 Å². The van der Waals surface area contributed by atoms with Crippen molar-refractivity contribution < 1.29 is 0 Å². The van der Waals surface area contributed by atoms with Crippen LogP contribution in [0, 0.1) is 16.7 Å². The summed E-state index contributed by atoms with van der Waals surface area (Å²) in [5, 5.41) is 9.14. The van der Waals surface area contributed by atoms with E-state index >= 15 is 0 Å². The summed E-state index contributed by atoms with van der Waals surface area (Å²) in [5.74, 6) is 0. The highest BCUT2D eigenvalue weighted by Crippen LogP contribution is 2.32. The van der Waals surface area contributed by atoms with Crippen LogP contribution in [0.25, 0.3) is 0 Å². The molecule has 0 aliphatic carbocycles. The van der Waals surface area contributed by atoms with Gasteiger partial charge in [-0.15, -0.1) is 0 Å². The lowest BCUT2D eigenvalue weighted by Crippen LogP contribution is -2.31. The van der Waals surface area contributed by atoms with Crippen LogP contribution >= 0.6 is 0 Å². The first kappa shape index (κ1) is 12.7. The van der Waals surface area contributed by atoms with Crippen molar-refractivity contribution >= 4 is 5.69 Å². The van der Waals surface area contributed by atoms with Crippen LogP contribution in [0.2, 0.25) is 0 Å². The molecule has 0 saturated heterocycles. The van der Waals surface area contributed by atoms with Crippen LogP contribution in [0.4, 0.5) is 5.69 Å². The van der Waals surface area contributed by atoms with Gasteiger partial charge in [-0.3, -0.25) is 0 Å². The van der Waals surface area contributed by atoms with E-state index in [1.54, 1.807) is 0 Å².